The van der Waals surface area contributed by atoms with Crippen LogP contribution in [-0.2, 0) is 32.0 Å². The number of hydrogen-bond donors (Lipinski definition) is 7. The number of carboxylic acids is 1. The number of aromatic hydroxyl groups is 1. The van der Waals surface area contributed by atoms with E-state index in [4.69, 9.17) is 5.73 Å². The van der Waals surface area contributed by atoms with Gasteiger partial charge in [-0.15, -0.1) is 0 Å². The van der Waals surface area contributed by atoms with Crippen molar-refractivity contribution in [2.45, 2.75) is 50.6 Å². The van der Waals surface area contributed by atoms with Crippen molar-refractivity contribution in [2.75, 3.05) is 13.1 Å². The number of carboxylic acid groups (broad SMARTS) is 1. The summed E-state index contributed by atoms with van der Waals surface area (Å²) < 4.78 is 0. The van der Waals surface area contributed by atoms with Crippen molar-refractivity contribution in [1.29, 1.82) is 0 Å². The summed E-state index contributed by atoms with van der Waals surface area (Å²) in [5.41, 5.74) is 7.78. The number of hydrogen-bond acceptors (Lipinski definition) is 6. The second kappa shape index (κ2) is 14.5. The number of aromatic amines is 1. The molecular weight excluding hydrogens is 502 g/mol. The highest BCUT2D eigenvalue weighted by Gasteiger charge is 2.24. The predicted molar refractivity (Wildman–Crippen MR) is 146 cm³/mol. The lowest BCUT2D eigenvalue weighted by Crippen LogP contribution is -2.51. The van der Waals surface area contributed by atoms with Gasteiger partial charge in [0.1, 0.15) is 17.8 Å². The van der Waals surface area contributed by atoms with Crippen molar-refractivity contribution in [3.8, 4) is 5.75 Å². The molecule has 8 N–H and O–H groups in total. The van der Waals surface area contributed by atoms with E-state index >= 15 is 0 Å². The molecule has 2 aromatic carbocycles. The predicted octanol–water partition coefficient (Wildman–Crippen LogP) is 1.35. The Morgan fingerprint density at radius 1 is 0.872 bits per heavy atom. The first-order valence-electron chi connectivity index (χ1n) is 12.9. The molecule has 39 heavy (non-hydrogen) atoms. The molecule has 0 aliphatic heterocycles. The molecule has 0 saturated carbocycles. The SMILES string of the molecule is NCCCCCC(=O)N[C@@H](Cc1ccc(O)cc1)C(=O)NCC(=O)N[C@@H](Cc1c[nH]c2ccccc12)C(=O)O. The summed E-state index contributed by atoms with van der Waals surface area (Å²) in [5.74, 6) is -2.70. The molecule has 11 heteroatoms. The highest BCUT2D eigenvalue weighted by molar-refractivity contribution is 5.92. The molecule has 208 valence electrons. The zero-order valence-electron chi connectivity index (χ0n) is 21.6. The monoisotopic (exact) mass is 537 g/mol. The van der Waals surface area contributed by atoms with Gasteiger partial charge in [-0.05, 0) is 48.7 Å². The van der Waals surface area contributed by atoms with Gasteiger partial charge in [0.2, 0.25) is 17.7 Å². The van der Waals surface area contributed by atoms with Gasteiger partial charge in [0.25, 0.3) is 0 Å². The molecular formula is C28H35N5O6. The molecule has 0 saturated heterocycles. The Bertz CT molecular complexity index is 1270. The van der Waals surface area contributed by atoms with Crippen molar-refractivity contribution >= 4 is 34.6 Å². The normalized spacial score (nSPS) is 12.4. The van der Waals surface area contributed by atoms with Crippen molar-refractivity contribution in [2.24, 2.45) is 5.73 Å². The Hall–Kier alpha value is -4.38. The van der Waals surface area contributed by atoms with E-state index in [0.717, 1.165) is 29.3 Å². The number of aliphatic carboxylic acids is 1. The number of carbonyl (C=O) groups excluding carboxylic acids is 3. The number of H-pyrrole nitrogens is 1. The molecule has 0 radical (unpaired) electrons. The third-order valence-electron chi connectivity index (χ3n) is 6.29. The van der Waals surface area contributed by atoms with E-state index < -0.39 is 36.4 Å². The van der Waals surface area contributed by atoms with Gasteiger partial charge in [0.15, 0.2) is 0 Å². The molecule has 1 aromatic heterocycles. The van der Waals surface area contributed by atoms with Crippen LogP contribution in [0.15, 0.2) is 54.7 Å². The van der Waals surface area contributed by atoms with E-state index in [2.05, 4.69) is 20.9 Å². The average Bonchev–Trinajstić information content (AvgIpc) is 3.33. The van der Waals surface area contributed by atoms with Crippen LogP contribution in [0.5, 0.6) is 5.75 Å². The molecule has 0 unspecified atom stereocenters. The first-order valence-corrected chi connectivity index (χ1v) is 12.9. The average molecular weight is 538 g/mol. The zero-order valence-corrected chi connectivity index (χ0v) is 21.6. The van der Waals surface area contributed by atoms with Crippen molar-refractivity contribution in [3.63, 3.8) is 0 Å². The van der Waals surface area contributed by atoms with E-state index in [9.17, 15) is 29.4 Å². The summed E-state index contributed by atoms with van der Waals surface area (Å²) in [4.78, 5) is 52.9. The Morgan fingerprint density at radius 3 is 2.31 bits per heavy atom. The quantitative estimate of drug-likeness (QED) is 0.143. The molecule has 3 aromatic rings. The van der Waals surface area contributed by atoms with Crippen LogP contribution in [0.1, 0.15) is 36.8 Å². The van der Waals surface area contributed by atoms with Crippen LogP contribution in [0.3, 0.4) is 0 Å². The van der Waals surface area contributed by atoms with Gasteiger partial charge in [-0.25, -0.2) is 4.79 Å². The summed E-state index contributed by atoms with van der Waals surface area (Å²) in [6, 6.07) is 11.5. The highest BCUT2D eigenvalue weighted by Crippen LogP contribution is 2.19. The number of para-hydroxylation sites is 1. The van der Waals surface area contributed by atoms with Crippen molar-refractivity contribution in [3.05, 3.63) is 65.9 Å². The molecule has 0 fully saturated rings. The van der Waals surface area contributed by atoms with Crippen LogP contribution in [0, 0.1) is 0 Å². The van der Waals surface area contributed by atoms with E-state index in [1.165, 1.54) is 12.1 Å². The lowest BCUT2D eigenvalue weighted by atomic mass is 10.0. The molecule has 0 aliphatic carbocycles. The van der Waals surface area contributed by atoms with Crippen molar-refractivity contribution < 1.29 is 29.4 Å². The maximum absolute atomic E-state index is 13.0. The number of benzene rings is 2. The first kappa shape index (κ1) is 29.2. The van der Waals surface area contributed by atoms with Crippen molar-refractivity contribution in [1.82, 2.24) is 20.9 Å². The Morgan fingerprint density at radius 2 is 1.59 bits per heavy atom. The fourth-order valence-electron chi connectivity index (χ4n) is 4.21. The summed E-state index contributed by atoms with van der Waals surface area (Å²) in [6.07, 6.45) is 4.37. The van der Waals surface area contributed by atoms with Crippen LogP contribution in [0.2, 0.25) is 0 Å². The second-order valence-corrected chi connectivity index (χ2v) is 9.33. The third kappa shape index (κ3) is 9.15. The minimum atomic E-state index is -1.20. The number of fused-ring (bicyclic) bond motifs is 1. The van der Waals surface area contributed by atoms with Gasteiger partial charge in [0, 0.05) is 36.4 Å². The highest BCUT2D eigenvalue weighted by atomic mass is 16.4. The first-order chi connectivity index (χ1) is 18.8. The molecule has 1 heterocycles. The number of amides is 3. The van der Waals surface area contributed by atoms with E-state index in [0.29, 0.717) is 18.5 Å². The van der Waals surface area contributed by atoms with E-state index in [1.807, 2.05) is 24.3 Å². The summed E-state index contributed by atoms with van der Waals surface area (Å²) in [5, 5.41) is 27.7. The largest absolute Gasteiger partial charge is 0.508 e. The van der Waals surface area contributed by atoms with Gasteiger partial charge < -0.3 is 36.9 Å². The molecule has 0 spiro atoms. The smallest absolute Gasteiger partial charge is 0.326 e. The second-order valence-electron chi connectivity index (χ2n) is 9.33. The van der Waals surface area contributed by atoms with Crippen LogP contribution >= 0.6 is 0 Å². The van der Waals surface area contributed by atoms with Gasteiger partial charge in [-0.3, -0.25) is 14.4 Å². The number of nitrogens with one attached hydrogen (secondary N) is 4. The number of phenolic OH excluding ortho intramolecular Hbond substituents is 1. The number of phenols is 1. The molecule has 2 atom stereocenters. The number of unbranched alkanes of at least 4 members (excludes halogenated alkanes) is 2. The minimum Gasteiger partial charge on any atom is -0.508 e. The molecule has 11 nitrogen and oxygen atoms in total. The fraction of sp³-hybridized carbons (Fsp3) is 0.357. The summed E-state index contributed by atoms with van der Waals surface area (Å²) in [7, 11) is 0. The van der Waals surface area contributed by atoms with Crippen LogP contribution in [0.25, 0.3) is 10.9 Å². The Labute approximate surface area is 226 Å². The van der Waals surface area contributed by atoms with Gasteiger partial charge in [-0.1, -0.05) is 36.8 Å². The summed E-state index contributed by atoms with van der Waals surface area (Å²) >= 11 is 0. The summed E-state index contributed by atoms with van der Waals surface area (Å²) in [6.45, 7) is 0.0784. The van der Waals surface area contributed by atoms with Gasteiger partial charge >= 0.3 is 5.97 Å². The zero-order chi connectivity index (χ0) is 28.2. The molecule has 0 bridgehead atoms. The Balaban J connectivity index is 1.59. The molecule has 0 aliphatic rings. The Kier molecular flexibility index (Phi) is 10.9. The lowest BCUT2D eigenvalue weighted by molar-refractivity contribution is -0.141. The third-order valence-corrected chi connectivity index (χ3v) is 6.29. The van der Waals surface area contributed by atoms with Crippen LogP contribution < -0.4 is 21.7 Å². The van der Waals surface area contributed by atoms with Gasteiger partial charge in [-0.2, -0.15) is 0 Å². The van der Waals surface area contributed by atoms with E-state index in [1.54, 1.807) is 18.3 Å². The number of carbonyl (C=O) groups is 4. The standard InChI is InChI=1S/C28H35N5O6/c29-13-5-1-2-8-25(35)32-23(14-18-9-11-20(34)12-10-18)27(37)31-17-26(36)33-24(28(38)39)15-19-16-30-22-7-4-3-6-21(19)22/h3-4,6-7,9-12,16,23-24,30,34H,1-2,5,8,13-15,17,29H2,(H,31,37)(H,32,35)(H,33,36)(H,38,39)/t23-,24-/m0/s1. The van der Waals surface area contributed by atoms with Crippen LogP contribution in [-0.4, -0.2) is 64.1 Å². The fourth-order valence-corrected chi connectivity index (χ4v) is 4.21. The minimum absolute atomic E-state index is 0.0583. The van der Waals surface area contributed by atoms with Crippen LogP contribution in [0.4, 0.5) is 0 Å². The number of rotatable bonds is 15. The lowest BCUT2D eigenvalue weighted by Gasteiger charge is -2.19. The topological polar surface area (TPSA) is 187 Å². The number of nitrogens with two attached hydrogens (primary N) is 1. The van der Waals surface area contributed by atoms with Gasteiger partial charge in [0.05, 0.1) is 6.54 Å². The molecule has 3 amide bonds. The number of aromatic nitrogens is 1. The molecule has 3 rings (SSSR count). The maximum atomic E-state index is 13.0. The van der Waals surface area contributed by atoms with E-state index in [-0.39, 0.29) is 30.9 Å². The maximum Gasteiger partial charge on any atom is 0.326 e.